The average Bonchev–Trinajstić information content (AvgIpc) is 2.83. The van der Waals surface area contributed by atoms with Crippen LogP contribution in [0.3, 0.4) is 0 Å². The summed E-state index contributed by atoms with van der Waals surface area (Å²) >= 11 is 0. The van der Waals surface area contributed by atoms with Gasteiger partial charge in [-0.05, 0) is 71.9 Å². The minimum absolute atomic E-state index is 0.935. The van der Waals surface area contributed by atoms with Gasteiger partial charge in [0.2, 0.25) is 0 Å². The van der Waals surface area contributed by atoms with Gasteiger partial charge in [-0.2, -0.15) is 0 Å². The largest absolute Gasteiger partial charge is 0.348 e. The lowest BCUT2D eigenvalue weighted by Crippen LogP contribution is -1.96. The van der Waals surface area contributed by atoms with Crippen LogP contribution < -0.4 is 0 Å². The first-order valence-electron chi connectivity index (χ1n) is 12.6. The molecule has 0 spiro atoms. The van der Waals surface area contributed by atoms with Crippen LogP contribution >= 0.6 is 0 Å². The van der Waals surface area contributed by atoms with Crippen molar-refractivity contribution >= 4 is 11.4 Å². The quantitative estimate of drug-likeness (QED) is 0.0949. The summed E-state index contributed by atoms with van der Waals surface area (Å²) in [5.41, 5.74) is 16.6. The Morgan fingerprint density at radius 1 is 0.719 bits per heavy atom. The molecule has 32 heavy (non-hydrogen) atoms. The molecule has 0 aromatic heterocycles. The standard InChI is InChI=1S/C30H40N2/c1-4-7-10-11-13-26-17-21-29(22-18-26)30(27(14-9-6-3)23-24-32-31)28-19-15-25(16-20-28)12-8-5-2/h15-23H,4-14H2,1-3H3. The van der Waals surface area contributed by atoms with E-state index < -0.39 is 0 Å². The fourth-order valence-electron chi connectivity index (χ4n) is 4.09. The first-order valence-corrected chi connectivity index (χ1v) is 12.6. The molecule has 0 N–H and O–H groups in total. The van der Waals surface area contributed by atoms with Crippen molar-refractivity contribution in [2.75, 3.05) is 0 Å². The third-order valence-electron chi connectivity index (χ3n) is 6.04. The number of allylic oxidation sites excluding steroid dienone is 2. The van der Waals surface area contributed by atoms with Gasteiger partial charge in [0.05, 0.1) is 6.08 Å². The predicted molar refractivity (Wildman–Crippen MR) is 138 cm³/mol. The molecule has 0 amide bonds. The van der Waals surface area contributed by atoms with E-state index in [1.54, 1.807) is 0 Å². The molecule has 2 heteroatoms. The Balaban J connectivity index is 2.42. The summed E-state index contributed by atoms with van der Waals surface area (Å²) in [5, 5.41) is 0. The van der Waals surface area contributed by atoms with E-state index in [9.17, 15) is 0 Å². The summed E-state index contributed by atoms with van der Waals surface area (Å²) in [4.78, 5) is 3.12. The molecule has 170 valence electrons. The number of benzene rings is 2. The van der Waals surface area contributed by atoms with Gasteiger partial charge in [0.25, 0.3) is 5.87 Å². The molecule has 2 aromatic carbocycles. The van der Waals surface area contributed by atoms with Gasteiger partial charge in [-0.25, -0.2) is 0 Å². The summed E-state index contributed by atoms with van der Waals surface area (Å²) in [5.74, 6) is 2.67. The Hall–Kier alpha value is -2.66. The van der Waals surface area contributed by atoms with E-state index >= 15 is 0 Å². The Bertz CT molecular complexity index is 906. The van der Waals surface area contributed by atoms with Crippen molar-refractivity contribution in [3.05, 3.63) is 88.0 Å². The van der Waals surface area contributed by atoms with Gasteiger partial charge in [0.1, 0.15) is 0 Å². The second kappa shape index (κ2) is 15.2. The fourth-order valence-corrected chi connectivity index (χ4v) is 4.09. The molecule has 0 unspecified atom stereocenters. The van der Waals surface area contributed by atoms with Crippen LogP contribution in [0.2, 0.25) is 0 Å². The lowest BCUT2D eigenvalue weighted by Gasteiger charge is -2.15. The van der Waals surface area contributed by atoms with Crippen molar-refractivity contribution in [2.45, 2.75) is 91.4 Å². The minimum atomic E-state index is 0.935. The Labute approximate surface area is 195 Å². The van der Waals surface area contributed by atoms with Crippen LogP contribution in [0, 0.1) is 0 Å². The van der Waals surface area contributed by atoms with Crippen molar-refractivity contribution < 1.29 is 4.79 Å². The highest BCUT2D eigenvalue weighted by Gasteiger charge is 2.12. The van der Waals surface area contributed by atoms with Gasteiger partial charge in [0.15, 0.2) is 0 Å². The van der Waals surface area contributed by atoms with Gasteiger partial charge in [-0.3, -0.25) is 0 Å². The lowest BCUT2D eigenvalue weighted by molar-refractivity contribution is 0.00800. The highest BCUT2D eigenvalue weighted by atomic mass is 14.8. The molecule has 0 aliphatic rings. The van der Waals surface area contributed by atoms with Crippen molar-refractivity contribution in [2.24, 2.45) is 0 Å². The highest BCUT2D eigenvalue weighted by Crippen LogP contribution is 2.31. The Morgan fingerprint density at radius 2 is 1.25 bits per heavy atom. The predicted octanol–water partition coefficient (Wildman–Crippen LogP) is 8.60. The number of hydrogen-bond acceptors (Lipinski definition) is 0. The van der Waals surface area contributed by atoms with Crippen molar-refractivity contribution in [3.63, 3.8) is 0 Å². The van der Waals surface area contributed by atoms with E-state index in [4.69, 9.17) is 5.53 Å². The molecule has 2 rings (SSSR count). The molecule has 2 aromatic rings. The van der Waals surface area contributed by atoms with Crippen LogP contribution in [0.4, 0.5) is 0 Å². The van der Waals surface area contributed by atoms with Crippen LogP contribution in [0.5, 0.6) is 0 Å². The average molecular weight is 429 g/mol. The number of rotatable bonds is 14. The Kier molecular flexibility index (Phi) is 12.2. The molecular weight excluding hydrogens is 388 g/mol. The van der Waals surface area contributed by atoms with Crippen LogP contribution in [0.25, 0.3) is 11.1 Å². The van der Waals surface area contributed by atoms with Gasteiger partial charge in [0, 0.05) is 0 Å². The second-order valence-electron chi connectivity index (χ2n) is 8.69. The summed E-state index contributed by atoms with van der Waals surface area (Å²) in [6.45, 7) is 6.69. The van der Waals surface area contributed by atoms with Crippen molar-refractivity contribution in [1.29, 1.82) is 0 Å². The number of unbranched alkanes of at least 4 members (excludes halogenated alkanes) is 5. The normalized spacial score (nSPS) is 11.5. The van der Waals surface area contributed by atoms with Crippen LogP contribution in [-0.4, -0.2) is 10.7 Å². The number of nitrogens with zero attached hydrogens (tertiary/aromatic N) is 2. The SMILES string of the molecule is CCCCCCc1ccc(C(=C(C=C=[N+]=[N-])CCCC)c2ccc(CCCC)cc2)cc1. The maximum atomic E-state index is 9.00. The highest BCUT2D eigenvalue weighted by molar-refractivity contribution is 5.85. The number of hydrogen-bond donors (Lipinski definition) is 0. The van der Waals surface area contributed by atoms with E-state index in [1.165, 1.54) is 71.9 Å². The molecule has 0 aliphatic heterocycles. The lowest BCUT2D eigenvalue weighted by atomic mass is 9.89. The number of aryl methyl sites for hydroxylation is 2. The minimum Gasteiger partial charge on any atom is -0.348 e. The molecule has 0 saturated carbocycles. The second-order valence-corrected chi connectivity index (χ2v) is 8.69. The van der Waals surface area contributed by atoms with Crippen molar-refractivity contribution in [1.82, 2.24) is 0 Å². The van der Waals surface area contributed by atoms with Gasteiger partial charge in [-0.15, -0.1) is 4.79 Å². The molecule has 0 radical (unpaired) electrons. The van der Waals surface area contributed by atoms with E-state index in [2.05, 4.69) is 80.0 Å². The van der Waals surface area contributed by atoms with Gasteiger partial charge < -0.3 is 5.53 Å². The zero-order valence-electron chi connectivity index (χ0n) is 20.4. The monoisotopic (exact) mass is 428 g/mol. The van der Waals surface area contributed by atoms with E-state index in [0.29, 0.717) is 0 Å². The molecule has 0 saturated heterocycles. The fraction of sp³-hybridized carbons (Fsp3) is 0.467. The topological polar surface area (TPSA) is 36.4 Å². The summed E-state index contributed by atoms with van der Waals surface area (Å²) < 4.78 is 0. The molecule has 2 nitrogen and oxygen atoms in total. The maximum absolute atomic E-state index is 9.00. The summed E-state index contributed by atoms with van der Waals surface area (Å²) in [6.07, 6.45) is 14.8. The van der Waals surface area contributed by atoms with Crippen molar-refractivity contribution in [3.8, 4) is 0 Å². The smallest absolute Gasteiger partial charge is 0.299 e. The molecule has 0 atom stereocenters. The van der Waals surface area contributed by atoms with E-state index in [1.807, 2.05) is 6.08 Å². The van der Waals surface area contributed by atoms with E-state index in [0.717, 1.165) is 32.1 Å². The maximum Gasteiger partial charge on any atom is 0.299 e. The zero-order chi connectivity index (χ0) is 23.0. The molecular formula is C30H40N2. The van der Waals surface area contributed by atoms with Crippen LogP contribution in [-0.2, 0) is 12.8 Å². The molecule has 0 heterocycles. The third-order valence-corrected chi connectivity index (χ3v) is 6.04. The van der Waals surface area contributed by atoms with Gasteiger partial charge in [-0.1, -0.05) is 101 Å². The first-order chi connectivity index (χ1) is 15.7. The van der Waals surface area contributed by atoms with Gasteiger partial charge >= 0.3 is 0 Å². The zero-order valence-corrected chi connectivity index (χ0v) is 20.4. The third kappa shape index (κ3) is 8.46. The van der Waals surface area contributed by atoms with Crippen LogP contribution in [0.15, 0.2) is 60.2 Å². The molecule has 0 fully saturated rings. The summed E-state index contributed by atoms with van der Waals surface area (Å²) in [6, 6.07) is 18.1. The molecule has 0 bridgehead atoms. The first kappa shape index (κ1) is 25.6. The van der Waals surface area contributed by atoms with E-state index in [-0.39, 0.29) is 0 Å². The summed E-state index contributed by atoms with van der Waals surface area (Å²) in [7, 11) is 0. The van der Waals surface area contributed by atoms with Crippen LogP contribution in [0.1, 0.15) is 101 Å². The molecule has 0 aliphatic carbocycles. The Morgan fingerprint density at radius 3 is 1.75 bits per heavy atom.